The third-order valence-corrected chi connectivity index (χ3v) is 8.69. The van der Waals surface area contributed by atoms with Crippen LogP contribution in [-0.2, 0) is 11.2 Å². The molecule has 0 atom stereocenters. The molecule has 6 rings (SSSR count). The van der Waals surface area contributed by atoms with Gasteiger partial charge in [0.1, 0.15) is 0 Å². The summed E-state index contributed by atoms with van der Waals surface area (Å²) in [6, 6.07) is 12.2. The van der Waals surface area contributed by atoms with Gasteiger partial charge in [0.05, 0.1) is 6.42 Å². The smallest absolute Gasteiger partial charge is 0.339 e. The molecular weight excluding hydrogens is 545 g/mol. The molecule has 3 aliphatic rings. The number of nitrogens with zero attached hydrogens (tertiary/aromatic N) is 6. The second-order valence-electron chi connectivity index (χ2n) is 11.4. The van der Waals surface area contributed by atoms with Crippen molar-refractivity contribution in [1.82, 2.24) is 29.3 Å². The highest BCUT2D eigenvalue weighted by atomic mass is 19.4. The van der Waals surface area contributed by atoms with Crippen molar-refractivity contribution in [3.05, 3.63) is 71.2 Å². The fraction of sp³-hybridized carbons (Fsp3) is 0.484. The highest BCUT2D eigenvalue weighted by Crippen LogP contribution is 2.28. The Balaban J connectivity index is 1.08. The molecule has 0 radical (unpaired) electrons. The van der Waals surface area contributed by atoms with Crippen LogP contribution in [0.25, 0.3) is 11.2 Å². The number of carbonyl (C=O) groups is 2. The average Bonchev–Trinajstić information content (AvgIpc) is 3.38. The molecule has 2 fully saturated rings. The van der Waals surface area contributed by atoms with E-state index in [0.717, 1.165) is 42.9 Å². The molecule has 1 saturated carbocycles. The Bertz CT molecular complexity index is 1470. The molecule has 3 aromatic rings. The number of benzene rings is 1. The van der Waals surface area contributed by atoms with E-state index in [1.54, 1.807) is 4.52 Å². The Morgan fingerprint density at radius 1 is 0.952 bits per heavy atom. The summed E-state index contributed by atoms with van der Waals surface area (Å²) in [4.78, 5) is 36.0. The maximum absolute atomic E-state index is 13.1. The molecule has 42 heavy (non-hydrogen) atoms. The van der Waals surface area contributed by atoms with Crippen molar-refractivity contribution in [2.24, 2.45) is 0 Å². The predicted molar refractivity (Wildman–Crippen MR) is 152 cm³/mol. The van der Waals surface area contributed by atoms with Crippen LogP contribution in [0.1, 0.15) is 65.8 Å². The molecule has 1 aromatic carbocycles. The van der Waals surface area contributed by atoms with Gasteiger partial charge in [-0.2, -0.15) is 18.3 Å². The Labute approximate surface area is 242 Å². The van der Waals surface area contributed by atoms with Crippen LogP contribution in [-0.4, -0.2) is 92.6 Å². The maximum Gasteiger partial charge on any atom is 0.389 e. The fourth-order valence-electron chi connectivity index (χ4n) is 6.00. The summed E-state index contributed by atoms with van der Waals surface area (Å²) in [5, 5.41) is 4.65. The number of carbonyl (C=O) groups excluding carboxylic acids is 2. The molecule has 8 nitrogen and oxygen atoms in total. The zero-order valence-corrected chi connectivity index (χ0v) is 23.5. The lowest BCUT2D eigenvalue weighted by Crippen LogP contribution is -2.53. The number of piperazine rings is 1. The van der Waals surface area contributed by atoms with Crippen molar-refractivity contribution in [1.29, 1.82) is 0 Å². The van der Waals surface area contributed by atoms with Gasteiger partial charge in [0.15, 0.2) is 11.5 Å². The van der Waals surface area contributed by atoms with E-state index in [-0.39, 0.29) is 12.5 Å². The molecule has 11 heteroatoms. The summed E-state index contributed by atoms with van der Waals surface area (Å²) >= 11 is 0. The number of rotatable bonds is 7. The zero-order chi connectivity index (χ0) is 29.3. The minimum Gasteiger partial charge on any atom is -0.339 e. The van der Waals surface area contributed by atoms with Gasteiger partial charge in [0.25, 0.3) is 5.91 Å². The molecule has 1 saturated heterocycles. The second-order valence-corrected chi connectivity index (χ2v) is 11.4. The van der Waals surface area contributed by atoms with Crippen molar-refractivity contribution in [3.8, 4) is 0 Å². The first-order chi connectivity index (χ1) is 20.2. The van der Waals surface area contributed by atoms with Gasteiger partial charge < -0.3 is 9.80 Å². The van der Waals surface area contributed by atoms with E-state index in [0.29, 0.717) is 42.5 Å². The second kappa shape index (κ2) is 11.9. The van der Waals surface area contributed by atoms with Crippen LogP contribution >= 0.6 is 0 Å². The molecule has 2 amide bonds. The first-order valence-corrected chi connectivity index (χ1v) is 14.7. The number of halogens is 3. The first kappa shape index (κ1) is 28.4. The van der Waals surface area contributed by atoms with Crippen LogP contribution in [0.2, 0.25) is 0 Å². The summed E-state index contributed by atoms with van der Waals surface area (Å²) < 4.78 is 39.2. The molecule has 0 bridgehead atoms. The number of amides is 2. The highest BCUT2D eigenvalue weighted by Gasteiger charge is 2.31. The van der Waals surface area contributed by atoms with Crippen LogP contribution in [0.5, 0.6) is 0 Å². The standard InChI is InChI=1S/C31H35F3N6O2/c32-31(33,34)13-10-28(41)38-15-11-23(12-16-38)26-5-2-14-40-29(26)35-27(36-40)21-22-6-8-24(9-7-22)30(42)39-19-17-37(18-20-39)25-3-1-4-25/h2,5-9,11,14,25H,1,3-4,10,12-13,15-21H2. The summed E-state index contributed by atoms with van der Waals surface area (Å²) in [5.74, 6) is 0.241. The van der Waals surface area contributed by atoms with E-state index in [4.69, 9.17) is 4.98 Å². The summed E-state index contributed by atoms with van der Waals surface area (Å²) in [5.41, 5.74) is 4.29. The van der Waals surface area contributed by atoms with Crippen molar-refractivity contribution >= 4 is 23.0 Å². The van der Waals surface area contributed by atoms with Crippen molar-refractivity contribution < 1.29 is 22.8 Å². The monoisotopic (exact) mass is 580 g/mol. The summed E-state index contributed by atoms with van der Waals surface area (Å²) in [6.07, 6.45) is 2.69. The van der Waals surface area contributed by atoms with Crippen LogP contribution in [0.4, 0.5) is 13.2 Å². The normalized spacial score (nSPS) is 18.7. The number of hydrogen-bond acceptors (Lipinski definition) is 5. The molecular formula is C31H35F3N6O2. The van der Waals surface area contributed by atoms with Gasteiger partial charge in [-0.25, -0.2) is 9.50 Å². The Kier molecular flexibility index (Phi) is 8.02. The van der Waals surface area contributed by atoms with E-state index >= 15 is 0 Å². The Morgan fingerprint density at radius 3 is 2.36 bits per heavy atom. The third-order valence-electron chi connectivity index (χ3n) is 8.69. The van der Waals surface area contributed by atoms with Gasteiger partial charge in [-0.15, -0.1) is 0 Å². The number of fused-ring (bicyclic) bond motifs is 1. The van der Waals surface area contributed by atoms with Gasteiger partial charge in [0, 0.05) is 75.5 Å². The fourth-order valence-corrected chi connectivity index (χ4v) is 6.00. The van der Waals surface area contributed by atoms with Crippen molar-refractivity contribution in [2.45, 2.75) is 57.2 Å². The first-order valence-electron chi connectivity index (χ1n) is 14.7. The van der Waals surface area contributed by atoms with E-state index < -0.39 is 24.9 Å². The van der Waals surface area contributed by atoms with Gasteiger partial charge in [-0.05, 0) is 54.7 Å². The molecule has 2 aliphatic heterocycles. The van der Waals surface area contributed by atoms with Crippen molar-refractivity contribution in [3.63, 3.8) is 0 Å². The van der Waals surface area contributed by atoms with Crippen LogP contribution in [0.15, 0.2) is 48.7 Å². The van der Waals surface area contributed by atoms with Gasteiger partial charge in [-0.3, -0.25) is 14.5 Å². The topological polar surface area (TPSA) is 74.1 Å². The lowest BCUT2D eigenvalue weighted by molar-refractivity contribution is -0.148. The molecule has 1 aliphatic carbocycles. The van der Waals surface area contributed by atoms with Crippen molar-refractivity contribution in [2.75, 3.05) is 39.3 Å². The minimum atomic E-state index is -4.34. The van der Waals surface area contributed by atoms with Gasteiger partial charge >= 0.3 is 6.18 Å². The Morgan fingerprint density at radius 2 is 1.71 bits per heavy atom. The number of hydrogen-bond donors (Lipinski definition) is 0. The summed E-state index contributed by atoms with van der Waals surface area (Å²) in [7, 11) is 0. The molecule has 4 heterocycles. The summed E-state index contributed by atoms with van der Waals surface area (Å²) in [6.45, 7) is 4.08. The molecule has 222 valence electrons. The average molecular weight is 581 g/mol. The number of alkyl halides is 3. The molecule has 0 unspecified atom stereocenters. The van der Waals surface area contributed by atoms with E-state index in [1.807, 2.05) is 53.6 Å². The van der Waals surface area contributed by atoms with E-state index in [1.165, 1.54) is 24.2 Å². The lowest BCUT2D eigenvalue weighted by atomic mass is 9.91. The zero-order valence-electron chi connectivity index (χ0n) is 23.5. The van der Waals surface area contributed by atoms with Crippen LogP contribution in [0.3, 0.4) is 0 Å². The Hall–Kier alpha value is -3.73. The largest absolute Gasteiger partial charge is 0.389 e. The number of aromatic nitrogens is 3. The minimum absolute atomic E-state index is 0.0756. The quantitative estimate of drug-likeness (QED) is 0.409. The van der Waals surface area contributed by atoms with Gasteiger partial charge in [0.2, 0.25) is 5.91 Å². The van der Waals surface area contributed by atoms with Crippen LogP contribution < -0.4 is 0 Å². The van der Waals surface area contributed by atoms with E-state index in [2.05, 4.69) is 10.00 Å². The number of pyridine rings is 1. The lowest BCUT2D eigenvalue weighted by Gasteiger charge is -2.42. The van der Waals surface area contributed by atoms with Gasteiger partial charge in [-0.1, -0.05) is 24.6 Å². The molecule has 2 aromatic heterocycles. The third kappa shape index (κ3) is 6.35. The molecule has 0 N–H and O–H groups in total. The highest BCUT2D eigenvalue weighted by molar-refractivity contribution is 5.94. The van der Waals surface area contributed by atoms with Crippen LogP contribution in [0, 0.1) is 0 Å². The van der Waals surface area contributed by atoms with E-state index in [9.17, 15) is 22.8 Å². The SMILES string of the molecule is O=C(CCC(F)(F)F)N1CC=C(c2cccn3nc(Cc4ccc(C(=O)N5CCN(C6CCC6)CC5)cc4)nc23)CC1. The molecule has 0 spiro atoms. The maximum atomic E-state index is 13.1. The predicted octanol–water partition coefficient (Wildman–Crippen LogP) is 4.59.